The quantitative estimate of drug-likeness (QED) is 0.873. The van der Waals surface area contributed by atoms with E-state index in [4.69, 9.17) is 9.47 Å². The lowest BCUT2D eigenvalue weighted by atomic mass is 9.78. The second kappa shape index (κ2) is 7.50. The van der Waals surface area contributed by atoms with Crippen LogP contribution in [-0.4, -0.2) is 25.2 Å². The van der Waals surface area contributed by atoms with E-state index in [0.29, 0.717) is 6.61 Å². The molecule has 0 radical (unpaired) electrons. The standard InChI is InChI=1S/C22H25NO3/c24-21(22(13-4-5-14-22)17-6-2-1-3-7-17)23-18-8-10-19(11-9-18)26-20-12-15-25-16-20/h1-3,6-11,20H,4-5,12-16H2,(H,23,24). The van der Waals surface area contributed by atoms with Crippen molar-refractivity contribution in [2.75, 3.05) is 18.5 Å². The molecule has 4 nitrogen and oxygen atoms in total. The summed E-state index contributed by atoms with van der Waals surface area (Å²) < 4.78 is 11.2. The van der Waals surface area contributed by atoms with Gasteiger partial charge in [-0.2, -0.15) is 0 Å². The highest BCUT2D eigenvalue weighted by molar-refractivity contribution is 5.99. The molecule has 26 heavy (non-hydrogen) atoms. The van der Waals surface area contributed by atoms with Crippen LogP contribution in [0.3, 0.4) is 0 Å². The Balaban J connectivity index is 1.46. The summed E-state index contributed by atoms with van der Waals surface area (Å²) in [5.74, 6) is 0.913. The van der Waals surface area contributed by atoms with Crippen molar-refractivity contribution in [1.82, 2.24) is 0 Å². The van der Waals surface area contributed by atoms with E-state index in [2.05, 4.69) is 17.4 Å². The van der Waals surface area contributed by atoms with E-state index < -0.39 is 5.41 Å². The minimum atomic E-state index is -0.405. The van der Waals surface area contributed by atoms with Crippen molar-refractivity contribution in [3.63, 3.8) is 0 Å². The van der Waals surface area contributed by atoms with Crippen LogP contribution in [0.4, 0.5) is 5.69 Å². The topological polar surface area (TPSA) is 47.6 Å². The first-order chi connectivity index (χ1) is 12.8. The molecule has 136 valence electrons. The molecule has 1 N–H and O–H groups in total. The highest BCUT2D eigenvalue weighted by atomic mass is 16.5. The fraction of sp³-hybridized carbons (Fsp3) is 0.409. The molecule has 2 aromatic rings. The smallest absolute Gasteiger partial charge is 0.235 e. The fourth-order valence-electron chi connectivity index (χ4n) is 4.05. The number of nitrogens with one attached hydrogen (secondary N) is 1. The highest BCUT2D eigenvalue weighted by Gasteiger charge is 2.42. The van der Waals surface area contributed by atoms with Crippen LogP contribution in [0.5, 0.6) is 5.75 Å². The summed E-state index contributed by atoms with van der Waals surface area (Å²) in [5, 5.41) is 3.12. The molecule has 1 heterocycles. The molecular formula is C22H25NO3. The predicted molar refractivity (Wildman–Crippen MR) is 102 cm³/mol. The number of carbonyl (C=O) groups excluding carboxylic acids is 1. The van der Waals surface area contributed by atoms with Gasteiger partial charge in [-0.1, -0.05) is 43.2 Å². The van der Waals surface area contributed by atoms with Gasteiger partial charge in [0.1, 0.15) is 11.9 Å². The monoisotopic (exact) mass is 351 g/mol. The van der Waals surface area contributed by atoms with Crippen LogP contribution in [0.15, 0.2) is 54.6 Å². The summed E-state index contributed by atoms with van der Waals surface area (Å²) in [5.41, 5.74) is 1.53. The molecule has 1 amide bonds. The maximum Gasteiger partial charge on any atom is 0.235 e. The molecule has 4 heteroatoms. The third kappa shape index (κ3) is 3.47. The summed E-state index contributed by atoms with van der Waals surface area (Å²) in [6, 6.07) is 17.8. The minimum Gasteiger partial charge on any atom is -0.488 e. The van der Waals surface area contributed by atoms with Crippen LogP contribution in [0.2, 0.25) is 0 Å². The zero-order valence-corrected chi connectivity index (χ0v) is 14.9. The Morgan fingerprint density at radius 3 is 2.42 bits per heavy atom. The highest BCUT2D eigenvalue weighted by Crippen LogP contribution is 2.42. The number of ether oxygens (including phenoxy) is 2. The number of carbonyl (C=O) groups is 1. The molecular weight excluding hydrogens is 326 g/mol. The van der Waals surface area contributed by atoms with E-state index >= 15 is 0 Å². The number of hydrogen-bond donors (Lipinski definition) is 1. The summed E-state index contributed by atoms with van der Waals surface area (Å²) >= 11 is 0. The van der Waals surface area contributed by atoms with E-state index in [1.807, 2.05) is 42.5 Å². The molecule has 1 atom stereocenters. The number of rotatable bonds is 5. The van der Waals surface area contributed by atoms with Gasteiger partial charge >= 0.3 is 0 Å². The second-order valence-corrected chi connectivity index (χ2v) is 7.24. The van der Waals surface area contributed by atoms with Gasteiger partial charge in [-0.05, 0) is 42.7 Å². The van der Waals surface area contributed by atoms with Gasteiger partial charge in [0.2, 0.25) is 5.91 Å². The minimum absolute atomic E-state index is 0.0964. The van der Waals surface area contributed by atoms with Crippen LogP contribution in [0.25, 0.3) is 0 Å². The Kier molecular flexibility index (Phi) is 4.93. The average Bonchev–Trinajstić information content (AvgIpc) is 3.37. The summed E-state index contributed by atoms with van der Waals surface area (Å²) in [6.45, 7) is 1.42. The normalized spacial score (nSPS) is 21.5. The van der Waals surface area contributed by atoms with Gasteiger partial charge in [0.15, 0.2) is 0 Å². The molecule has 2 aromatic carbocycles. The fourth-order valence-corrected chi connectivity index (χ4v) is 4.05. The van der Waals surface area contributed by atoms with Gasteiger partial charge in [-0.3, -0.25) is 4.79 Å². The zero-order chi connectivity index (χ0) is 17.8. The van der Waals surface area contributed by atoms with Crippen molar-refractivity contribution in [2.45, 2.75) is 43.6 Å². The van der Waals surface area contributed by atoms with Gasteiger partial charge in [0.25, 0.3) is 0 Å². The molecule has 1 saturated carbocycles. The zero-order valence-electron chi connectivity index (χ0n) is 14.9. The van der Waals surface area contributed by atoms with E-state index in [0.717, 1.165) is 55.7 Å². The van der Waals surface area contributed by atoms with Gasteiger partial charge in [-0.15, -0.1) is 0 Å². The predicted octanol–water partition coefficient (Wildman–Crippen LogP) is 4.30. The van der Waals surface area contributed by atoms with Crippen LogP contribution in [-0.2, 0) is 14.9 Å². The Labute approximate surface area is 154 Å². The maximum atomic E-state index is 13.1. The van der Waals surface area contributed by atoms with Crippen molar-refractivity contribution in [2.24, 2.45) is 0 Å². The van der Waals surface area contributed by atoms with Gasteiger partial charge in [-0.25, -0.2) is 0 Å². The van der Waals surface area contributed by atoms with Crippen molar-refractivity contribution in [3.05, 3.63) is 60.2 Å². The Bertz CT molecular complexity index is 730. The van der Waals surface area contributed by atoms with Crippen molar-refractivity contribution >= 4 is 11.6 Å². The lowest BCUT2D eigenvalue weighted by Gasteiger charge is -2.28. The van der Waals surface area contributed by atoms with E-state index in [1.165, 1.54) is 0 Å². The molecule has 1 saturated heterocycles. The number of hydrogen-bond acceptors (Lipinski definition) is 3. The first-order valence-corrected chi connectivity index (χ1v) is 9.48. The number of amides is 1. The van der Waals surface area contributed by atoms with Crippen molar-refractivity contribution in [1.29, 1.82) is 0 Å². The molecule has 2 aliphatic rings. The van der Waals surface area contributed by atoms with Crippen molar-refractivity contribution in [3.8, 4) is 5.75 Å². The first kappa shape index (κ1) is 17.1. The maximum absolute atomic E-state index is 13.1. The largest absolute Gasteiger partial charge is 0.488 e. The van der Waals surface area contributed by atoms with E-state index in [-0.39, 0.29) is 12.0 Å². The first-order valence-electron chi connectivity index (χ1n) is 9.48. The van der Waals surface area contributed by atoms with Crippen LogP contribution >= 0.6 is 0 Å². The van der Waals surface area contributed by atoms with Crippen LogP contribution in [0.1, 0.15) is 37.7 Å². The van der Waals surface area contributed by atoms with Gasteiger partial charge in [0, 0.05) is 12.1 Å². The molecule has 1 unspecified atom stereocenters. The summed E-state index contributed by atoms with van der Waals surface area (Å²) in [7, 11) is 0. The molecule has 0 spiro atoms. The van der Waals surface area contributed by atoms with Crippen LogP contribution < -0.4 is 10.1 Å². The van der Waals surface area contributed by atoms with Crippen LogP contribution in [0, 0.1) is 0 Å². The average molecular weight is 351 g/mol. The Morgan fingerprint density at radius 1 is 1.04 bits per heavy atom. The molecule has 1 aliphatic carbocycles. The Hall–Kier alpha value is -2.33. The molecule has 0 bridgehead atoms. The van der Waals surface area contributed by atoms with E-state index in [9.17, 15) is 4.79 Å². The number of anilines is 1. The summed E-state index contributed by atoms with van der Waals surface area (Å²) in [6.07, 6.45) is 5.07. The van der Waals surface area contributed by atoms with E-state index in [1.54, 1.807) is 0 Å². The third-order valence-electron chi connectivity index (χ3n) is 5.52. The SMILES string of the molecule is O=C(Nc1ccc(OC2CCOC2)cc1)C1(c2ccccc2)CCCC1. The van der Waals surface area contributed by atoms with Gasteiger partial charge < -0.3 is 14.8 Å². The molecule has 1 aliphatic heterocycles. The lowest BCUT2D eigenvalue weighted by Crippen LogP contribution is -2.37. The molecule has 4 rings (SSSR count). The third-order valence-corrected chi connectivity index (χ3v) is 5.52. The second-order valence-electron chi connectivity index (χ2n) is 7.24. The summed E-state index contributed by atoms with van der Waals surface area (Å²) in [4.78, 5) is 13.1. The van der Waals surface area contributed by atoms with Gasteiger partial charge in [0.05, 0.1) is 18.6 Å². The molecule has 0 aromatic heterocycles. The number of benzene rings is 2. The molecule has 2 fully saturated rings. The lowest BCUT2D eigenvalue weighted by molar-refractivity contribution is -0.121. The van der Waals surface area contributed by atoms with Crippen molar-refractivity contribution < 1.29 is 14.3 Å². The Morgan fingerprint density at radius 2 is 1.77 bits per heavy atom.